The summed E-state index contributed by atoms with van der Waals surface area (Å²) in [4.78, 5) is 4.77. The number of rotatable bonds is 7. The molecule has 0 radical (unpaired) electrons. The molecule has 0 spiro atoms. The maximum atomic E-state index is 8.74. The minimum Gasteiger partial charge on any atom is -0.219 e. The van der Waals surface area contributed by atoms with Crippen LogP contribution in [0.3, 0.4) is 0 Å². The number of aryl methyl sites for hydroxylation is 1. The molecule has 31 heavy (non-hydrogen) atoms. The van der Waals surface area contributed by atoms with Crippen LogP contribution in [0.2, 0.25) is 0 Å². The molecule has 0 aliphatic heterocycles. The number of nitrogens with zero attached hydrogens (tertiary/aromatic N) is 2. The smallest absolute Gasteiger partial charge is 0.219 e. The maximum Gasteiger partial charge on any atom is 0.296 e. The lowest BCUT2D eigenvalue weighted by Crippen LogP contribution is -2.14. The van der Waals surface area contributed by atoms with Crippen LogP contribution >= 0.6 is 0 Å². The fraction of sp³-hybridized carbons (Fsp3) is 0.107. The Hall–Kier alpha value is -3.85. The monoisotopic (exact) mass is 404 g/mol. The molecule has 4 aromatic rings. The van der Waals surface area contributed by atoms with Crippen LogP contribution in [0.1, 0.15) is 28.4 Å². The van der Waals surface area contributed by atoms with Gasteiger partial charge in [-0.2, -0.15) is 0 Å². The molecule has 0 amide bonds. The Bertz CT molecular complexity index is 1150. The van der Waals surface area contributed by atoms with E-state index >= 15 is 0 Å². The van der Waals surface area contributed by atoms with Crippen molar-refractivity contribution >= 4 is 6.21 Å². The van der Waals surface area contributed by atoms with Crippen LogP contribution in [0.4, 0.5) is 0 Å². The van der Waals surface area contributed by atoms with Gasteiger partial charge in [0.25, 0.3) is 6.17 Å². The molecule has 4 aromatic carbocycles. The SMILES string of the molecule is Cc1ccc(/C=N/C(c2ccccc2)[N+](=N)Cc2ccc(-c3ccccc3)cc2)cc1. The van der Waals surface area contributed by atoms with E-state index in [1.165, 1.54) is 21.4 Å². The Balaban J connectivity index is 1.54. The van der Waals surface area contributed by atoms with Gasteiger partial charge in [-0.3, -0.25) is 0 Å². The second-order valence-corrected chi connectivity index (χ2v) is 7.66. The minimum absolute atomic E-state index is 0.378. The number of nitrogens with one attached hydrogen (secondary N) is 1. The van der Waals surface area contributed by atoms with Crippen molar-refractivity contribution < 1.29 is 4.70 Å². The van der Waals surface area contributed by atoms with Gasteiger partial charge in [0.1, 0.15) is 0 Å². The number of benzene rings is 4. The fourth-order valence-electron chi connectivity index (χ4n) is 3.50. The van der Waals surface area contributed by atoms with E-state index in [-0.39, 0.29) is 6.17 Å². The van der Waals surface area contributed by atoms with Crippen LogP contribution < -0.4 is 0 Å². The zero-order valence-electron chi connectivity index (χ0n) is 17.6. The van der Waals surface area contributed by atoms with Crippen molar-refractivity contribution in [2.24, 2.45) is 4.99 Å². The van der Waals surface area contributed by atoms with Gasteiger partial charge in [-0.15, -0.1) is 0 Å². The molecule has 0 bridgehead atoms. The Morgan fingerprint density at radius 2 is 1.32 bits per heavy atom. The first-order valence-electron chi connectivity index (χ1n) is 10.5. The summed E-state index contributed by atoms with van der Waals surface area (Å²) in [7, 11) is 0. The lowest BCUT2D eigenvalue weighted by molar-refractivity contribution is -0.667. The van der Waals surface area contributed by atoms with Crippen molar-refractivity contribution in [2.75, 3.05) is 0 Å². The number of aliphatic imine (C=N–C) groups is 1. The van der Waals surface area contributed by atoms with Gasteiger partial charge in [0, 0.05) is 17.3 Å². The third kappa shape index (κ3) is 5.40. The molecule has 1 N–H and O–H groups in total. The molecular formula is C28H26N3+. The van der Waals surface area contributed by atoms with E-state index in [1.54, 1.807) is 0 Å². The van der Waals surface area contributed by atoms with Gasteiger partial charge < -0.3 is 0 Å². The van der Waals surface area contributed by atoms with Crippen molar-refractivity contribution in [3.05, 3.63) is 131 Å². The molecule has 152 valence electrons. The Morgan fingerprint density at radius 1 is 0.742 bits per heavy atom. The van der Waals surface area contributed by atoms with E-state index in [4.69, 9.17) is 10.5 Å². The number of hydrogen-bond donors (Lipinski definition) is 1. The summed E-state index contributed by atoms with van der Waals surface area (Å²) >= 11 is 0. The average Bonchev–Trinajstić information content (AvgIpc) is 2.82. The Morgan fingerprint density at radius 3 is 1.97 bits per heavy atom. The molecule has 0 heterocycles. The van der Waals surface area contributed by atoms with Gasteiger partial charge in [0.2, 0.25) is 0 Å². The molecule has 3 nitrogen and oxygen atoms in total. The van der Waals surface area contributed by atoms with E-state index < -0.39 is 0 Å². The summed E-state index contributed by atoms with van der Waals surface area (Å²) in [6, 6.07) is 37.0. The molecule has 0 saturated heterocycles. The molecule has 4 rings (SSSR count). The predicted molar refractivity (Wildman–Crippen MR) is 127 cm³/mol. The highest BCUT2D eigenvalue weighted by Crippen LogP contribution is 2.23. The fourth-order valence-corrected chi connectivity index (χ4v) is 3.50. The highest BCUT2D eigenvalue weighted by molar-refractivity contribution is 5.79. The summed E-state index contributed by atoms with van der Waals surface area (Å²) in [6.45, 7) is 2.56. The molecule has 0 aliphatic carbocycles. The summed E-state index contributed by atoms with van der Waals surface area (Å²) in [5, 5.41) is 0. The van der Waals surface area contributed by atoms with Gasteiger partial charge >= 0.3 is 0 Å². The molecule has 1 unspecified atom stereocenters. The molecule has 0 saturated carbocycles. The zero-order valence-corrected chi connectivity index (χ0v) is 17.6. The standard InChI is InChI=1S/C28H26N3/c1-22-12-14-23(15-13-22)20-30-28(27-10-6-3-7-11-27)31(29)21-24-16-18-26(19-17-24)25-8-4-2-5-9-25/h2-20,28-29H,21H2,1H3/q+1/b30-20+,31-29?. The van der Waals surface area contributed by atoms with Gasteiger partial charge in [-0.1, -0.05) is 125 Å². The van der Waals surface area contributed by atoms with Crippen LogP contribution in [-0.4, -0.2) is 10.9 Å². The number of hydrogen-bond acceptors (Lipinski definition) is 2. The normalized spacial score (nSPS) is 12.0. The first kappa shape index (κ1) is 20.4. The molecule has 0 aromatic heterocycles. The third-order valence-electron chi connectivity index (χ3n) is 5.25. The second-order valence-electron chi connectivity index (χ2n) is 7.66. The summed E-state index contributed by atoms with van der Waals surface area (Å²) in [5.74, 6) is 0. The average molecular weight is 405 g/mol. The molecule has 3 heteroatoms. The van der Waals surface area contributed by atoms with Gasteiger partial charge in [-0.05, 0) is 23.6 Å². The lowest BCUT2D eigenvalue weighted by Gasteiger charge is -2.10. The van der Waals surface area contributed by atoms with Crippen molar-refractivity contribution in [2.45, 2.75) is 19.6 Å². The second kappa shape index (κ2) is 9.77. The Labute approximate surface area is 183 Å². The van der Waals surface area contributed by atoms with Gasteiger partial charge in [0.05, 0.1) is 0 Å². The maximum absolute atomic E-state index is 8.74. The van der Waals surface area contributed by atoms with Crippen LogP contribution in [0.15, 0.2) is 114 Å². The van der Waals surface area contributed by atoms with E-state index in [2.05, 4.69) is 67.6 Å². The highest BCUT2D eigenvalue weighted by atomic mass is 15.3. The quantitative estimate of drug-likeness (QED) is 0.195. The van der Waals surface area contributed by atoms with Crippen LogP contribution in [0.5, 0.6) is 0 Å². The van der Waals surface area contributed by atoms with E-state index in [0.29, 0.717) is 6.54 Å². The van der Waals surface area contributed by atoms with Gasteiger partial charge in [-0.25, -0.2) is 4.99 Å². The summed E-state index contributed by atoms with van der Waals surface area (Å²) in [5.41, 5.74) is 15.5. The van der Waals surface area contributed by atoms with E-state index in [9.17, 15) is 0 Å². The molecular weight excluding hydrogens is 378 g/mol. The van der Waals surface area contributed by atoms with Crippen molar-refractivity contribution in [1.82, 2.24) is 0 Å². The van der Waals surface area contributed by atoms with Crippen molar-refractivity contribution in [3.8, 4) is 11.1 Å². The molecule has 0 fully saturated rings. The highest BCUT2D eigenvalue weighted by Gasteiger charge is 2.22. The minimum atomic E-state index is -0.378. The first-order valence-corrected chi connectivity index (χ1v) is 10.5. The lowest BCUT2D eigenvalue weighted by atomic mass is 10.0. The van der Waals surface area contributed by atoms with Crippen LogP contribution in [-0.2, 0) is 6.54 Å². The van der Waals surface area contributed by atoms with Crippen molar-refractivity contribution in [3.63, 3.8) is 0 Å². The predicted octanol–water partition coefficient (Wildman–Crippen LogP) is 7.02. The summed E-state index contributed by atoms with van der Waals surface area (Å²) in [6.07, 6.45) is 1.48. The first-order chi connectivity index (χ1) is 15.2. The summed E-state index contributed by atoms with van der Waals surface area (Å²) < 4.78 is 1.54. The van der Waals surface area contributed by atoms with E-state index in [1.807, 2.05) is 54.7 Å². The van der Waals surface area contributed by atoms with Crippen molar-refractivity contribution in [1.29, 1.82) is 5.53 Å². The molecule has 1 atom stereocenters. The third-order valence-corrected chi connectivity index (χ3v) is 5.25. The van der Waals surface area contributed by atoms with Gasteiger partial charge in [0.15, 0.2) is 6.54 Å². The largest absolute Gasteiger partial charge is 0.296 e. The topological polar surface area (TPSA) is 39.2 Å². The van der Waals surface area contributed by atoms with Crippen LogP contribution in [0, 0.1) is 12.5 Å². The molecule has 0 aliphatic rings. The van der Waals surface area contributed by atoms with Crippen LogP contribution in [0.25, 0.3) is 11.1 Å². The van der Waals surface area contributed by atoms with E-state index in [0.717, 1.165) is 16.7 Å². The Kier molecular flexibility index (Phi) is 6.44. The zero-order chi connectivity index (χ0) is 21.5.